The van der Waals surface area contributed by atoms with Crippen LogP contribution < -0.4 is 5.32 Å². The Labute approximate surface area is 159 Å². The molecular formula is C19H16N4O5. The van der Waals surface area contributed by atoms with Gasteiger partial charge in [-0.3, -0.25) is 14.9 Å². The lowest BCUT2D eigenvalue weighted by Crippen LogP contribution is -2.23. The van der Waals surface area contributed by atoms with Crippen molar-refractivity contribution >= 4 is 17.6 Å². The van der Waals surface area contributed by atoms with Gasteiger partial charge in [-0.25, -0.2) is 9.48 Å². The smallest absolute Gasteiger partial charge is 0.337 e. The van der Waals surface area contributed by atoms with Crippen molar-refractivity contribution in [2.45, 2.75) is 6.54 Å². The van der Waals surface area contributed by atoms with Crippen LogP contribution in [0.15, 0.2) is 60.8 Å². The van der Waals surface area contributed by atoms with E-state index in [2.05, 4.69) is 15.2 Å². The number of benzene rings is 2. The Bertz CT molecular complexity index is 1030. The highest BCUT2D eigenvalue weighted by Crippen LogP contribution is 2.16. The van der Waals surface area contributed by atoms with E-state index in [0.717, 1.165) is 5.56 Å². The molecule has 0 aliphatic heterocycles. The molecule has 3 aromatic rings. The first-order chi connectivity index (χ1) is 13.5. The van der Waals surface area contributed by atoms with E-state index in [1.54, 1.807) is 42.6 Å². The summed E-state index contributed by atoms with van der Waals surface area (Å²) in [6, 6.07) is 14.1. The summed E-state index contributed by atoms with van der Waals surface area (Å²) >= 11 is 0. The number of carbonyl (C=O) groups excluding carboxylic acids is 2. The number of rotatable bonds is 6. The fourth-order valence-electron chi connectivity index (χ4n) is 2.49. The normalized spacial score (nSPS) is 10.3. The average molecular weight is 380 g/mol. The van der Waals surface area contributed by atoms with Gasteiger partial charge < -0.3 is 10.1 Å². The molecule has 0 saturated heterocycles. The first-order valence-electron chi connectivity index (χ1n) is 8.24. The number of non-ortho nitro benzene ring substituents is 1. The number of nitro groups is 1. The van der Waals surface area contributed by atoms with Crippen molar-refractivity contribution < 1.29 is 19.2 Å². The molecule has 1 amide bonds. The third-order valence-corrected chi connectivity index (χ3v) is 3.95. The van der Waals surface area contributed by atoms with Crippen molar-refractivity contribution in [3.8, 4) is 5.69 Å². The van der Waals surface area contributed by atoms with Gasteiger partial charge in [0.25, 0.3) is 11.6 Å². The fourth-order valence-corrected chi connectivity index (χ4v) is 2.49. The molecule has 0 radical (unpaired) electrons. The Morgan fingerprint density at radius 2 is 1.93 bits per heavy atom. The topological polar surface area (TPSA) is 116 Å². The minimum Gasteiger partial charge on any atom is -0.465 e. The van der Waals surface area contributed by atoms with Gasteiger partial charge in [-0.1, -0.05) is 18.2 Å². The van der Waals surface area contributed by atoms with Crippen LogP contribution in [0.3, 0.4) is 0 Å². The summed E-state index contributed by atoms with van der Waals surface area (Å²) in [6.07, 6.45) is 1.55. The zero-order valence-corrected chi connectivity index (χ0v) is 14.9. The van der Waals surface area contributed by atoms with Crippen LogP contribution in [0.5, 0.6) is 0 Å². The van der Waals surface area contributed by atoms with Crippen molar-refractivity contribution in [1.29, 1.82) is 0 Å². The summed E-state index contributed by atoms with van der Waals surface area (Å²) in [4.78, 5) is 34.1. The van der Waals surface area contributed by atoms with E-state index in [1.807, 2.05) is 0 Å². The van der Waals surface area contributed by atoms with Gasteiger partial charge in [0.1, 0.15) is 0 Å². The van der Waals surface area contributed by atoms with Gasteiger partial charge in [0, 0.05) is 24.9 Å². The molecule has 0 unspecified atom stereocenters. The van der Waals surface area contributed by atoms with Crippen LogP contribution in [-0.4, -0.2) is 33.7 Å². The highest BCUT2D eigenvalue weighted by Gasteiger charge is 2.12. The number of nitrogens with zero attached hydrogens (tertiary/aromatic N) is 3. The fraction of sp³-hybridized carbons (Fsp3) is 0.105. The molecule has 28 heavy (non-hydrogen) atoms. The molecule has 0 spiro atoms. The predicted molar refractivity (Wildman–Crippen MR) is 99.2 cm³/mol. The molecule has 1 N–H and O–H groups in total. The van der Waals surface area contributed by atoms with Crippen LogP contribution in [-0.2, 0) is 11.3 Å². The van der Waals surface area contributed by atoms with Crippen LogP contribution >= 0.6 is 0 Å². The Hall–Kier alpha value is -4.01. The molecule has 0 bridgehead atoms. The van der Waals surface area contributed by atoms with E-state index in [0.29, 0.717) is 11.3 Å². The average Bonchev–Trinajstić information content (AvgIpc) is 3.22. The van der Waals surface area contributed by atoms with Gasteiger partial charge in [-0.05, 0) is 29.8 Å². The molecule has 2 aromatic carbocycles. The Morgan fingerprint density at radius 1 is 1.18 bits per heavy atom. The first-order valence-corrected chi connectivity index (χ1v) is 8.24. The Morgan fingerprint density at radius 3 is 2.61 bits per heavy atom. The number of esters is 1. The molecule has 9 heteroatoms. The van der Waals surface area contributed by atoms with Gasteiger partial charge >= 0.3 is 5.97 Å². The standard InChI is InChI=1S/C19H16N4O5/c1-28-19(25)14-7-5-13(6-8-14)12-20-18(24)17-9-10-22(21-17)15-3-2-4-16(11-15)23(26)27/h2-11H,12H2,1H3,(H,20,24). The molecular weight excluding hydrogens is 364 g/mol. The molecule has 0 saturated carbocycles. The molecule has 9 nitrogen and oxygen atoms in total. The number of nitro benzene ring substituents is 1. The molecule has 142 valence electrons. The number of hydrogen-bond donors (Lipinski definition) is 1. The van der Waals surface area contributed by atoms with Crippen LogP contribution in [0.4, 0.5) is 5.69 Å². The van der Waals surface area contributed by atoms with Crippen LogP contribution in [0, 0.1) is 10.1 Å². The summed E-state index contributed by atoms with van der Waals surface area (Å²) in [6.45, 7) is 0.254. The monoisotopic (exact) mass is 380 g/mol. The van der Waals surface area contributed by atoms with Crippen LogP contribution in [0.25, 0.3) is 5.69 Å². The van der Waals surface area contributed by atoms with E-state index in [4.69, 9.17) is 0 Å². The second-order valence-electron chi connectivity index (χ2n) is 5.79. The highest BCUT2D eigenvalue weighted by molar-refractivity contribution is 5.92. The molecule has 1 heterocycles. The summed E-state index contributed by atoms with van der Waals surface area (Å²) in [5.41, 5.74) is 1.83. The van der Waals surface area contributed by atoms with E-state index >= 15 is 0 Å². The summed E-state index contributed by atoms with van der Waals surface area (Å²) in [7, 11) is 1.31. The zero-order chi connectivity index (χ0) is 20.1. The maximum absolute atomic E-state index is 12.3. The highest BCUT2D eigenvalue weighted by atomic mass is 16.6. The summed E-state index contributed by atoms with van der Waals surface area (Å²) in [5.74, 6) is -0.816. The molecule has 3 rings (SSSR count). The first kappa shape index (κ1) is 18.8. The van der Waals surface area contributed by atoms with Gasteiger partial charge in [0.2, 0.25) is 0 Å². The van der Waals surface area contributed by atoms with Gasteiger partial charge in [0.15, 0.2) is 5.69 Å². The number of carbonyl (C=O) groups is 2. The number of ether oxygens (including phenoxy) is 1. The Kier molecular flexibility index (Phi) is 5.45. The van der Waals surface area contributed by atoms with Crippen LogP contribution in [0.2, 0.25) is 0 Å². The molecule has 0 atom stereocenters. The van der Waals surface area contributed by atoms with Gasteiger partial charge in [-0.2, -0.15) is 5.10 Å². The van der Waals surface area contributed by atoms with Crippen molar-refractivity contribution in [1.82, 2.24) is 15.1 Å². The SMILES string of the molecule is COC(=O)c1ccc(CNC(=O)c2ccn(-c3cccc([N+](=O)[O-])c3)n2)cc1. The van der Waals surface area contributed by atoms with E-state index in [-0.39, 0.29) is 23.8 Å². The quantitative estimate of drug-likeness (QED) is 0.399. The maximum Gasteiger partial charge on any atom is 0.337 e. The Balaban J connectivity index is 1.65. The number of aromatic nitrogens is 2. The summed E-state index contributed by atoms with van der Waals surface area (Å²) < 4.78 is 6.03. The van der Waals surface area contributed by atoms with Crippen molar-refractivity contribution in [2.75, 3.05) is 7.11 Å². The third-order valence-electron chi connectivity index (χ3n) is 3.95. The van der Waals surface area contributed by atoms with Gasteiger partial charge in [-0.15, -0.1) is 0 Å². The number of nitrogens with one attached hydrogen (secondary N) is 1. The third kappa shape index (κ3) is 4.21. The number of methoxy groups -OCH3 is 1. The molecule has 0 fully saturated rings. The van der Waals surface area contributed by atoms with E-state index in [1.165, 1.54) is 30.0 Å². The van der Waals surface area contributed by atoms with Crippen molar-refractivity contribution in [3.63, 3.8) is 0 Å². The molecule has 0 aliphatic rings. The number of amides is 1. The predicted octanol–water partition coefficient (Wildman–Crippen LogP) is 2.50. The lowest BCUT2D eigenvalue weighted by molar-refractivity contribution is -0.384. The molecule has 0 aliphatic carbocycles. The van der Waals surface area contributed by atoms with Crippen molar-refractivity contribution in [2.24, 2.45) is 0 Å². The maximum atomic E-state index is 12.3. The lowest BCUT2D eigenvalue weighted by Gasteiger charge is -2.05. The second-order valence-corrected chi connectivity index (χ2v) is 5.79. The largest absolute Gasteiger partial charge is 0.465 e. The minimum absolute atomic E-state index is 0.0607. The van der Waals surface area contributed by atoms with E-state index in [9.17, 15) is 19.7 Å². The minimum atomic E-state index is -0.494. The lowest BCUT2D eigenvalue weighted by atomic mass is 10.1. The second kappa shape index (κ2) is 8.12. The van der Waals surface area contributed by atoms with E-state index < -0.39 is 10.9 Å². The molecule has 1 aromatic heterocycles. The van der Waals surface area contributed by atoms with Crippen molar-refractivity contribution in [3.05, 3.63) is 87.7 Å². The number of hydrogen-bond acceptors (Lipinski definition) is 6. The summed E-state index contributed by atoms with van der Waals surface area (Å²) in [5, 5.41) is 17.8. The van der Waals surface area contributed by atoms with Gasteiger partial charge in [0.05, 0.1) is 23.3 Å². The zero-order valence-electron chi connectivity index (χ0n) is 14.9. The van der Waals surface area contributed by atoms with Crippen LogP contribution in [0.1, 0.15) is 26.4 Å².